The van der Waals surface area contributed by atoms with Crippen LogP contribution in [0.15, 0.2) is 12.2 Å². The van der Waals surface area contributed by atoms with Gasteiger partial charge in [-0.25, -0.2) is 0 Å². The van der Waals surface area contributed by atoms with Gasteiger partial charge in [0.2, 0.25) is 0 Å². The van der Waals surface area contributed by atoms with Gasteiger partial charge < -0.3 is 4.74 Å². The lowest BCUT2D eigenvalue weighted by molar-refractivity contribution is -0.155. The first-order valence-corrected chi connectivity index (χ1v) is 3.55. The number of Topliss-reactive ketones (excluding diaryl/α,β-unsaturated/α-hetero) is 2. The Kier molecular flexibility index (Phi) is 1.10. The zero-order valence-electron chi connectivity index (χ0n) is 6.16. The highest BCUT2D eigenvalue weighted by molar-refractivity contribution is 6.09. The molecular weight excluding hydrogens is 144 g/mol. The number of ether oxygens (including phenoxy) is 1. The minimum atomic E-state index is -0.807. The van der Waals surface area contributed by atoms with Crippen LogP contribution in [0.25, 0.3) is 0 Å². The van der Waals surface area contributed by atoms with E-state index in [1.54, 1.807) is 19.1 Å². The van der Waals surface area contributed by atoms with Crippen LogP contribution >= 0.6 is 0 Å². The van der Waals surface area contributed by atoms with Gasteiger partial charge in [-0.2, -0.15) is 0 Å². The van der Waals surface area contributed by atoms with Crippen molar-refractivity contribution in [3.8, 4) is 0 Å². The normalized spacial score (nSPS) is 41.7. The Morgan fingerprint density at radius 1 is 1.64 bits per heavy atom. The zero-order chi connectivity index (χ0) is 8.06. The molecule has 0 aromatic carbocycles. The Morgan fingerprint density at radius 2 is 2.36 bits per heavy atom. The maximum Gasteiger partial charge on any atom is 0.175 e. The Bertz CT molecular complexity index is 267. The van der Waals surface area contributed by atoms with E-state index in [9.17, 15) is 9.59 Å². The number of carbonyl (C=O) groups excluding carboxylic acids is 2. The van der Waals surface area contributed by atoms with Crippen molar-refractivity contribution in [2.75, 3.05) is 0 Å². The van der Waals surface area contributed by atoms with Gasteiger partial charge in [0.1, 0.15) is 11.7 Å². The van der Waals surface area contributed by atoms with E-state index in [1.165, 1.54) is 0 Å². The summed E-state index contributed by atoms with van der Waals surface area (Å²) in [6.07, 6.45) is 2.89. The molecule has 0 radical (unpaired) electrons. The predicted octanol–water partition coefficient (Wildman–Crippen LogP) is 0.242. The van der Waals surface area contributed by atoms with E-state index < -0.39 is 11.7 Å². The van der Waals surface area contributed by atoms with Gasteiger partial charge in [0.05, 0.1) is 6.42 Å². The summed E-state index contributed by atoms with van der Waals surface area (Å²) in [4.78, 5) is 22.2. The Balaban J connectivity index is 2.40. The third-order valence-corrected chi connectivity index (χ3v) is 2.17. The predicted molar refractivity (Wildman–Crippen MR) is 37.0 cm³/mol. The molecule has 2 unspecified atom stereocenters. The van der Waals surface area contributed by atoms with Gasteiger partial charge in [-0.15, -0.1) is 0 Å². The minimum absolute atomic E-state index is 0.0220. The minimum Gasteiger partial charge on any atom is -0.348 e. The van der Waals surface area contributed by atoms with Crippen molar-refractivity contribution < 1.29 is 14.3 Å². The molecule has 1 fully saturated rings. The molecular formula is C8H8O3. The highest BCUT2D eigenvalue weighted by Gasteiger charge is 2.45. The first-order valence-electron chi connectivity index (χ1n) is 3.55. The number of hydrogen-bond donors (Lipinski definition) is 0. The van der Waals surface area contributed by atoms with E-state index >= 15 is 0 Å². The standard InChI is InChI=1S/C8H8O3/c1-8-3-2-6(11-8)5(9)4-7(8)10/h2-3,6H,4H2,1H3. The van der Waals surface area contributed by atoms with Crippen LogP contribution in [-0.4, -0.2) is 23.3 Å². The lowest BCUT2D eigenvalue weighted by Gasteiger charge is -2.26. The van der Waals surface area contributed by atoms with Gasteiger partial charge in [0, 0.05) is 0 Å². The van der Waals surface area contributed by atoms with Crippen LogP contribution in [0.1, 0.15) is 13.3 Å². The van der Waals surface area contributed by atoms with Gasteiger partial charge in [-0.1, -0.05) is 0 Å². The quantitative estimate of drug-likeness (QED) is 0.369. The number of hydrogen-bond acceptors (Lipinski definition) is 3. The fraction of sp³-hybridized carbons (Fsp3) is 0.500. The molecule has 0 aromatic rings. The fourth-order valence-electron chi connectivity index (χ4n) is 1.38. The number of carbonyl (C=O) groups is 2. The summed E-state index contributed by atoms with van der Waals surface area (Å²) in [6.45, 7) is 1.69. The number of rotatable bonds is 0. The monoisotopic (exact) mass is 152 g/mol. The van der Waals surface area contributed by atoms with E-state index in [1.807, 2.05) is 0 Å². The molecule has 0 saturated carbocycles. The van der Waals surface area contributed by atoms with Crippen molar-refractivity contribution in [2.24, 2.45) is 0 Å². The van der Waals surface area contributed by atoms with Crippen LogP contribution in [0.2, 0.25) is 0 Å². The molecule has 11 heavy (non-hydrogen) atoms. The molecule has 2 atom stereocenters. The van der Waals surface area contributed by atoms with E-state index in [0.29, 0.717) is 0 Å². The van der Waals surface area contributed by atoms with Crippen LogP contribution in [0.4, 0.5) is 0 Å². The van der Waals surface area contributed by atoms with Crippen molar-refractivity contribution >= 4 is 11.6 Å². The second kappa shape index (κ2) is 1.80. The maximum absolute atomic E-state index is 11.2. The molecule has 2 aliphatic rings. The lowest BCUT2D eigenvalue weighted by Crippen LogP contribution is -2.44. The maximum atomic E-state index is 11.2. The molecule has 58 valence electrons. The first-order chi connectivity index (χ1) is 5.12. The molecule has 0 N–H and O–H groups in total. The van der Waals surface area contributed by atoms with Crippen molar-refractivity contribution in [2.45, 2.75) is 25.0 Å². The Labute approximate surface area is 64.0 Å². The molecule has 2 heterocycles. The second-order valence-corrected chi connectivity index (χ2v) is 3.07. The Morgan fingerprint density at radius 3 is 3.09 bits per heavy atom. The van der Waals surface area contributed by atoms with Crippen molar-refractivity contribution in [1.82, 2.24) is 0 Å². The summed E-state index contributed by atoms with van der Waals surface area (Å²) in [5.41, 5.74) is -0.807. The first kappa shape index (κ1) is 6.73. The summed E-state index contributed by atoms with van der Waals surface area (Å²) in [6, 6.07) is 0. The van der Waals surface area contributed by atoms with Crippen LogP contribution in [0.5, 0.6) is 0 Å². The summed E-state index contributed by atoms with van der Waals surface area (Å²) >= 11 is 0. The van der Waals surface area contributed by atoms with Gasteiger partial charge in [0.15, 0.2) is 11.6 Å². The Hall–Kier alpha value is -0.960. The highest BCUT2D eigenvalue weighted by atomic mass is 16.5. The average Bonchev–Trinajstić information content (AvgIpc) is 2.28. The number of ketones is 2. The van der Waals surface area contributed by atoms with E-state index in [-0.39, 0.29) is 18.0 Å². The van der Waals surface area contributed by atoms with Gasteiger partial charge >= 0.3 is 0 Å². The molecule has 3 heteroatoms. The number of fused-ring (bicyclic) bond motifs is 2. The second-order valence-electron chi connectivity index (χ2n) is 3.07. The largest absolute Gasteiger partial charge is 0.348 e. The summed E-state index contributed by atoms with van der Waals surface area (Å²) in [5.74, 6) is -0.256. The third-order valence-electron chi connectivity index (χ3n) is 2.17. The van der Waals surface area contributed by atoms with Crippen molar-refractivity contribution in [1.29, 1.82) is 0 Å². The summed E-state index contributed by atoms with van der Waals surface area (Å²) in [5, 5.41) is 0. The van der Waals surface area contributed by atoms with Crippen LogP contribution in [0, 0.1) is 0 Å². The van der Waals surface area contributed by atoms with Gasteiger partial charge in [-0.05, 0) is 19.1 Å². The summed E-state index contributed by atoms with van der Waals surface area (Å²) < 4.78 is 5.20. The fourth-order valence-corrected chi connectivity index (χ4v) is 1.38. The molecule has 0 spiro atoms. The molecule has 2 rings (SSSR count). The topological polar surface area (TPSA) is 43.4 Å². The molecule has 3 nitrogen and oxygen atoms in total. The molecule has 0 amide bonds. The van der Waals surface area contributed by atoms with E-state index in [0.717, 1.165) is 0 Å². The van der Waals surface area contributed by atoms with Gasteiger partial charge in [0.25, 0.3) is 0 Å². The van der Waals surface area contributed by atoms with E-state index in [4.69, 9.17) is 4.74 Å². The smallest absolute Gasteiger partial charge is 0.175 e. The highest BCUT2D eigenvalue weighted by Crippen LogP contribution is 2.30. The molecule has 0 aliphatic carbocycles. The zero-order valence-corrected chi connectivity index (χ0v) is 6.16. The van der Waals surface area contributed by atoms with Crippen LogP contribution in [0.3, 0.4) is 0 Å². The molecule has 2 bridgehead atoms. The van der Waals surface area contributed by atoms with Crippen molar-refractivity contribution in [3.63, 3.8) is 0 Å². The molecule has 1 saturated heterocycles. The van der Waals surface area contributed by atoms with Crippen molar-refractivity contribution in [3.05, 3.63) is 12.2 Å². The van der Waals surface area contributed by atoms with Crippen LogP contribution in [-0.2, 0) is 14.3 Å². The average molecular weight is 152 g/mol. The van der Waals surface area contributed by atoms with Crippen LogP contribution < -0.4 is 0 Å². The van der Waals surface area contributed by atoms with Gasteiger partial charge in [-0.3, -0.25) is 9.59 Å². The lowest BCUT2D eigenvalue weighted by atomic mass is 9.96. The SMILES string of the molecule is CC12C=CC(O1)C(=O)CC2=O. The molecule has 0 aromatic heterocycles. The third kappa shape index (κ3) is 0.775. The summed E-state index contributed by atoms with van der Waals surface area (Å²) in [7, 11) is 0. The van der Waals surface area contributed by atoms with E-state index in [2.05, 4.69) is 0 Å². The molecule has 2 aliphatic heterocycles.